The first-order valence-corrected chi connectivity index (χ1v) is 7.47. The molecule has 5 heteroatoms. The molecular formula is C14H12BrIN2O. The highest BCUT2D eigenvalue weighted by Gasteiger charge is 2.11. The van der Waals surface area contributed by atoms with Crippen LogP contribution >= 0.6 is 38.5 Å². The van der Waals surface area contributed by atoms with Crippen LogP contribution in [0.25, 0.3) is 0 Å². The standard InChI is InChI=1S/C14H12BrIN2O/c1-8-6-10(17)3-5-13(8)18-14(19)11-7-9(15)2-4-12(11)16/h2-7H,17H2,1H3,(H,18,19). The Morgan fingerprint density at radius 1 is 1.26 bits per heavy atom. The van der Waals surface area contributed by atoms with E-state index in [9.17, 15) is 4.79 Å². The number of nitrogens with one attached hydrogen (secondary N) is 1. The highest BCUT2D eigenvalue weighted by molar-refractivity contribution is 14.1. The SMILES string of the molecule is Cc1cc(N)ccc1NC(=O)c1cc(Br)ccc1I. The van der Waals surface area contributed by atoms with Gasteiger partial charge in [-0.15, -0.1) is 0 Å². The molecule has 0 spiro atoms. The Labute approximate surface area is 133 Å². The van der Waals surface area contributed by atoms with Crippen molar-refractivity contribution < 1.29 is 4.79 Å². The zero-order valence-electron chi connectivity index (χ0n) is 10.2. The van der Waals surface area contributed by atoms with Crippen LogP contribution in [0, 0.1) is 10.5 Å². The van der Waals surface area contributed by atoms with Crippen LogP contribution in [-0.4, -0.2) is 5.91 Å². The molecule has 0 unspecified atom stereocenters. The van der Waals surface area contributed by atoms with E-state index < -0.39 is 0 Å². The Balaban J connectivity index is 2.28. The first-order valence-electron chi connectivity index (χ1n) is 5.60. The molecule has 0 aromatic heterocycles. The number of amides is 1. The number of halogens is 2. The van der Waals surface area contributed by atoms with Crippen LogP contribution in [0.5, 0.6) is 0 Å². The van der Waals surface area contributed by atoms with E-state index in [1.165, 1.54) is 0 Å². The van der Waals surface area contributed by atoms with Crippen molar-refractivity contribution >= 4 is 55.8 Å². The van der Waals surface area contributed by atoms with Gasteiger partial charge in [-0.3, -0.25) is 4.79 Å². The lowest BCUT2D eigenvalue weighted by Gasteiger charge is -2.10. The third-order valence-corrected chi connectivity index (χ3v) is 4.11. The minimum absolute atomic E-state index is 0.126. The molecule has 0 aliphatic rings. The van der Waals surface area contributed by atoms with Crippen LogP contribution < -0.4 is 11.1 Å². The fourth-order valence-corrected chi connectivity index (χ4v) is 2.63. The smallest absolute Gasteiger partial charge is 0.256 e. The van der Waals surface area contributed by atoms with Gasteiger partial charge in [-0.1, -0.05) is 15.9 Å². The van der Waals surface area contributed by atoms with Crippen molar-refractivity contribution in [2.24, 2.45) is 0 Å². The second-order valence-electron chi connectivity index (χ2n) is 4.15. The summed E-state index contributed by atoms with van der Waals surface area (Å²) in [6.45, 7) is 1.91. The van der Waals surface area contributed by atoms with E-state index in [-0.39, 0.29) is 5.91 Å². The van der Waals surface area contributed by atoms with Gasteiger partial charge in [-0.05, 0) is 71.5 Å². The molecule has 2 aromatic rings. The Morgan fingerprint density at radius 3 is 2.68 bits per heavy atom. The maximum absolute atomic E-state index is 12.3. The number of benzene rings is 2. The van der Waals surface area contributed by atoms with Crippen molar-refractivity contribution in [2.75, 3.05) is 11.1 Å². The van der Waals surface area contributed by atoms with E-state index >= 15 is 0 Å². The summed E-state index contributed by atoms with van der Waals surface area (Å²) in [5.74, 6) is -0.126. The molecule has 0 saturated carbocycles. The van der Waals surface area contributed by atoms with Gasteiger partial charge in [0.05, 0.1) is 5.56 Å². The molecule has 3 nitrogen and oxygen atoms in total. The maximum Gasteiger partial charge on any atom is 0.256 e. The molecule has 98 valence electrons. The zero-order chi connectivity index (χ0) is 14.0. The van der Waals surface area contributed by atoms with Crippen LogP contribution in [-0.2, 0) is 0 Å². The molecule has 19 heavy (non-hydrogen) atoms. The zero-order valence-corrected chi connectivity index (χ0v) is 13.9. The summed E-state index contributed by atoms with van der Waals surface area (Å²) in [6.07, 6.45) is 0. The fourth-order valence-electron chi connectivity index (χ4n) is 1.69. The average molecular weight is 431 g/mol. The minimum atomic E-state index is -0.126. The molecule has 1 amide bonds. The Morgan fingerprint density at radius 2 is 2.00 bits per heavy atom. The van der Waals surface area contributed by atoms with E-state index in [1.807, 2.05) is 37.3 Å². The number of hydrogen-bond acceptors (Lipinski definition) is 2. The fraction of sp³-hybridized carbons (Fsp3) is 0.0714. The van der Waals surface area contributed by atoms with Crippen molar-refractivity contribution in [3.8, 4) is 0 Å². The molecule has 2 rings (SSSR count). The van der Waals surface area contributed by atoms with Crippen molar-refractivity contribution in [1.29, 1.82) is 0 Å². The Kier molecular flexibility index (Phi) is 4.46. The number of nitrogen functional groups attached to an aromatic ring is 1. The number of aryl methyl sites for hydroxylation is 1. The van der Waals surface area contributed by atoms with Crippen molar-refractivity contribution in [3.05, 3.63) is 55.6 Å². The van der Waals surface area contributed by atoms with Gasteiger partial charge >= 0.3 is 0 Å². The second-order valence-corrected chi connectivity index (χ2v) is 6.23. The molecular weight excluding hydrogens is 419 g/mol. The highest BCUT2D eigenvalue weighted by Crippen LogP contribution is 2.22. The van der Waals surface area contributed by atoms with E-state index in [0.717, 1.165) is 19.3 Å². The van der Waals surface area contributed by atoms with Crippen LogP contribution in [0.3, 0.4) is 0 Å². The summed E-state index contributed by atoms with van der Waals surface area (Å²) in [5.41, 5.74) is 8.74. The number of carbonyl (C=O) groups is 1. The van der Waals surface area contributed by atoms with Crippen molar-refractivity contribution in [1.82, 2.24) is 0 Å². The maximum atomic E-state index is 12.3. The van der Waals surface area contributed by atoms with E-state index in [1.54, 1.807) is 6.07 Å². The van der Waals surface area contributed by atoms with Crippen LogP contribution in [0.4, 0.5) is 11.4 Å². The van der Waals surface area contributed by atoms with Gasteiger partial charge in [0.15, 0.2) is 0 Å². The molecule has 0 heterocycles. The van der Waals surface area contributed by atoms with E-state index in [4.69, 9.17) is 5.73 Å². The van der Waals surface area contributed by atoms with E-state index in [0.29, 0.717) is 11.3 Å². The summed E-state index contributed by atoms with van der Waals surface area (Å²) in [7, 11) is 0. The average Bonchev–Trinajstić information content (AvgIpc) is 2.35. The predicted octanol–water partition coefficient (Wildman–Crippen LogP) is 4.20. The molecule has 2 aromatic carbocycles. The number of hydrogen-bond donors (Lipinski definition) is 2. The summed E-state index contributed by atoms with van der Waals surface area (Å²) in [6, 6.07) is 11.0. The number of carbonyl (C=O) groups excluding carboxylic acids is 1. The third-order valence-electron chi connectivity index (χ3n) is 2.67. The highest BCUT2D eigenvalue weighted by atomic mass is 127. The quantitative estimate of drug-likeness (QED) is 0.554. The van der Waals surface area contributed by atoms with Crippen LogP contribution in [0.1, 0.15) is 15.9 Å². The van der Waals surface area contributed by atoms with Gasteiger partial charge in [-0.2, -0.15) is 0 Å². The van der Waals surface area contributed by atoms with Crippen molar-refractivity contribution in [3.63, 3.8) is 0 Å². The first-order chi connectivity index (χ1) is 8.97. The molecule has 3 N–H and O–H groups in total. The predicted molar refractivity (Wildman–Crippen MR) is 90.4 cm³/mol. The lowest BCUT2D eigenvalue weighted by Crippen LogP contribution is -2.14. The minimum Gasteiger partial charge on any atom is -0.399 e. The summed E-state index contributed by atoms with van der Waals surface area (Å²) in [5, 5.41) is 2.90. The van der Waals surface area contributed by atoms with Gasteiger partial charge in [0.25, 0.3) is 5.91 Å². The van der Waals surface area contributed by atoms with Gasteiger partial charge in [0, 0.05) is 19.4 Å². The first kappa shape index (κ1) is 14.3. The Bertz CT molecular complexity index is 643. The van der Waals surface area contributed by atoms with Gasteiger partial charge in [0.1, 0.15) is 0 Å². The van der Waals surface area contributed by atoms with Gasteiger partial charge in [-0.25, -0.2) is 0 Å². The lowest BCUT2D eigenvalue weighted by atomic mass is 10.1. The third kappa shape index (κ3) is 3.48. The van der Waals surface area contributed by atoms with Crippen LogP contribution in [0.2, 0.25) is 0 Å². The topological polar surface area (TPSA) is 55.1 Å². The molecule has 0 fully saturated rings. The normalized spacial score (nSPS) is 10.3. The molecule has 0 bridgehead atoms. The summed E-state index contributed by atoms with van der Waals surface area (Å²) >= 11 is 5.52. The largest absolute Gasteiger partial charge is 0.399 e. The number of rotatable bonds is 2. The molecule has 0 atom stereocenters. The summed E-state index contributed by atoms with van der Waals surface area (Å²) in [4.78, 5) is 12.3. The number of nitrogens with two attached hydrogens (primary N) is 1. The number of anilines is 2. The van der Waals surface area contributed by atoms with E-state index in [2.05, 4.69) is 43.8 Å². The molecule has 0 aliphatic carbocycles. The van der Waals surface area contributed by atoms with Gasteiger partial charge in [0.2, 0.25) is 0 Å². The van der Waals surface area contributed by atoms with Crippen molar-refractivity contribution in [2.45, 2.75) is 6.92 Å². The Hall–Kier alpha value is -1.08. The van der Waals surface area contributed by atoms with Crippen LogP contribution in [0.15, 0.2) is 40.9 Å². The molecule has 0 aliphatic heterocycles. The molecule has 0 radical (unpaired) electrons. The monoisotopic (exact) mass is 430 g/mol. The lowest BCUT2D eigenvalue weighted by molar-refractivity contribution is 0.102. The summed E-state index contributed by atoms with van der Waals surface area (Å²) < 4.78 is 1.79. The van der Waals surface area contributed by atoms with Gasteiger partial charge < -0.3 is 11.1 Å². The second kappa shape index (κ2) is 5.92. The molecule has 0 saturated heterocycles.